The normalized spacial score (nSPS) is 19.6. The zero-order valence-electron chi connectivity index (χ0n) is 18.5. The second-order valence-electron chi connectivity index (χ2n) is 7.58. The highest BCUT2D eigenvalue weighted by molar-refractivity contribution is 8.18. The van der Waals surface area contributed by atoms with Gasteiger partial charge >= 0.3 is 0 Å². The molecule has 1 saturated heterocycles. The molecule has 0 unspecified atom stereocenters. The molecule has 32 heavy (non-hydrogen) atoms. The molecule has 1 aromatic carbocycles. The van der Waals surface area contributed by atoms with E-state index in [0.717, 1.165) is 31.2 Å². The minimum Gasteiger partial charge on any atom is -0.493 e. The predicted octanol–water partition coefficient (Wildman–Crippen LogP) is 5.04. The van der Waals surface area contributed by atoms with Gasteiger partial charge in [-0.15, -0.1) is 0 Å². The third-order valence-corrected chi connectivity index (χ3v) is 6.64. The predicted molar refractivity (Wildman–Crippen MR) is 127 cm³/mol. The first-order chi connectivity index (χ1) is 15.7. The molecule has 0 radical (unpaired) electrons. The van der Waals surface area contributed by atoms with Crippen LogP contribution in [0.5, 0.6) is 17.2 Å². The fourth-order valence-corrected chi connectivity index (χ4v) is 5.16. The number of carbonyl (C=O) groups excluding carboxylic acids is 1. The summed E-state index contributed by atoms with van der Waals surface area (Å²) in [6.45, 7) is 0. The molecule has 1 amide bonds. The molecule has 1 saturated carbocycles. The number of carbonyl (C=O) groups is 1. The van der Waals surface area contributed by atoms with Crippen LogP contribution in [0.4, 0.5) is 5.82 Å². The molecule has 1 aliphatic carbocycles. The van der Waals surface area contributed by atoms with E-state index in [9.17, 15) is 4.79 Å². The van der Waals surface area contributed by atoms with Crippen molar-refractivity contribution < 1.29 is 19.0 Å². The van der Waals surface area contributed by atoms with Gasteiger partial charge < -0.3 is 14.2 Å². The number of aliphatic imine (C=N–C) groups is 1. The summed E-state index contributed by atoms with van der Waals surface area (Å²) in [4.78, 5) is 25.0. The van der Waals surface area contributed by atoms with Crippen LogP contribution in [0.3, 0.4) is 0 Å². The number of methoxy groups -OCH3 is 3. The van der Waals surface area contributed by atoms with Gasteiger partial charge in [-0.25, -0.2) is 9.98 Å². The fraction of sp³-hybridized carbons (Fsp3) is 0.375. The monoisotopic (exact) mass is 453 g/mol. The van der Waals surface area contributed by atoms with E-state index in [2.05, 4.69) is 4.98 Å². The molecule has 2 heterocycles. The Morgan fingerprint density at radius 2 is 1.81 bits per heavy atom. The number of aromatic nitrogens is 1. The quantitative estimate of drug-likeness (QED) is 0.570. The average molecular weight is 454 g/mol. The van der Waals surface area contributed by atoms with Crippen LogP contribution >= 0.6 is 11.8 Å². The second-order valence-corrected chi connectivity index (χ2v) is 8.59. The van der Waals surface area contributed by atoms with Crippen molar-refractivity contribution in [3.63, 3.8) is 0 Å². The summed E-state index contributed by atoms with van der Waals surface area (Å²) in [5.41, 5.74) is 0.740. The smallest absolute Gasteiger partial charge is 0.267 e. The number of rotatable bonds is 6. The third-order valence-electron chi connectivity index (χ3n) is 5.66. The lowest BCUT2D eigenvalue weighted by molar-refractivity contribution is -0.124. The second kappa shape index (κ2) is 10.1. The Balaban J connectivity index is 1.74. The number of pyridine rings is 1. The number of thioether (sulfide) groups is 1. The molecular formula is C24H27N3O4S. The number of benzene rings is 1. The van der Waals surface area contributed by atoms with Crippen molar-refractivity contribution in [3.8, 4) is 17.2 Å². The van der Waals surface area contributed by atoms with Gasteiger partial charge in [0, 0.05) is 17.8 Å². The van der Waals surface area contributed by atoms with Gasteiger partial charge in [0.05, 0.1) is 26.2 Å². The number of ether oxygens (including phenoxy) is 3. The number of hydrogen-bond donors (Lipinski definition) is 0. The van der Waals surface area contributed by atoms with Crippen molar-refractivity contribution >= 4 is 34.7 Å². The Kier molecular flexibility index (Phi) is 6.99. The van der Waals surface area contributed by atoms with Gasteiger partial charge in [0.25, 0.3) is 5.91 Å². The van der Waals surface area contributed by atoms with E-state index in [1.165, 1.54) is 18.2 Å². The van der Waals surface area contributed by atoms with E-state index in [1.807, 2.05) is 35.2 Å². The summed E-state index contributed by atoms with van der Waals surface area (Å²) in [6.07, 6.45) is 8.98. The van der Waals surface area contributed by atoms with Gasteiger partial charge in [-0.2, -0.15) is 0 Å². The van der Waals surface area contributed by atoms with Crippen molar-refractivity contribution in [1.82, 2.24) is 9.88 Å². The van der Waals surface area contributed by atoms with Gasteiger partial charge in [0.1, 0.15) is 0 Å². The van der Waals surface area contributed by atoms with E-state index >= 15 is 0 Å². The molecule has 0 N–H and O–H groups in total. The summed E-state index contributed by atoms with van der Waals surface area (Å²) >= 11 is 1.37. The molecule has 1 aliphatic heterocycles. The lowest BCUT2D eigenvalue weighted by Gasteiger charge is -2.30. The maximum atomic E-state index is 13.5. The molecule has 7 nitrogen and oxygen atoms in total. The van der Waals surface area contributed by atoms with Gasteiger partial charge in [-0.05, 0) is 54.9 Å². The molecule has 168 valence electrons. The SMILES string of the molecule is COc1ccc(/C=C2\S/C(=N/c3ccccn3)N(C3CCCCC3)C2=O)c(OC)c1OC. The van der Waals surface area contributed by atoms with Gasteiger partial charge in [0.15, 0.2) is 22.5 Å². The zero-order valence-corrected chi connectivity index (χ0v) is 19.4. The van der Waals surface area contributed by atoms with Crippen LogP contribution in [0.15, 0.2) is 46.4 Å². The Bertz CT molecular complexity index is 1030. The molecule has 4 rings (SSSR count). The molecule has 0 spiro atoms. The summed E-state index contributed by atoms with van der Waals surface area (Å²) in [7, 11) is 4.72. The maximum Gasteiger partial charge on any atom is 0.267 e. The van der Waals surface area contributed by atoms with Crippen molar-refractivity contribution in [1.29, 1.82) is 0 Å². The molecule has 1 aromatic heterocycles. The Hall–Kier alpha value is -3.00. The van der Waals surface area contributed by atoms with E-state index < -0.39 is 0 Å². The third kappa shape index (κ3) is 4.46. The minimum absolute atomic E-state index is 0.0339. The average Bonchev–Trinajstić information content (AvgIpc) is 3.14. The first-order valence-corrected chi connectivity index (χ1v) is 11.5. The number of amides is 1. The Labute approximate surface area is 192 Å². The number of amidine groups is 1. The molecule has 2 fully saturated rings. The first kappa shape index (κ1) is 22.2. The summed E-state index contributed by atoms with van der Waals surface area (Å²) in [5.74, 6) is 2.14. The molecule has 0 atom stereocenters. The summed E-state index contributed by atoms with van der Waals surface area (Å²) in [5, 5.41) is 0.672. The molecule has 0 bridgehead atoms. The molecule has 8 heteroatoms. The lowest BCUT2D eigenvalue weighted by Crippen LogP contribution is -2.40. The van der Waals surface area contributed by atoms with E-state index in [1.54, 1.807) is 33.6 Å². The molecule has 2 aromatic rings. The van der Waals surface area contributed by atoms with Crippen molar-refractivity contribution in [2.45, 2.75) is 38.1 Å². The topological polar surface area (TPSA) is 73.3 Å². The first-order valence-electron chi connectivity index (χ1n) is 10.7. The minimum atomic E-state index is -0.0339. The number of hydrogen-bond acceptors (Lipinski definition) is 7. The summed E-state index contributed by atoms with van der Waals surface area (Å²) in [6, 6.07) is 9.41. The van der Waals surface area contributed by atoms with E-state index in [0.29, 0.717) is 33.1 Å². The standard InChI is InChI=1S/C24H27N3O4S/c1-29-18-13-12-16(21(30-2)22(18)31-3)15-19-23(28)27(17-9-5-4-6-10-17)24(32-19)26-20-11-7-8-14-25-20/h7-8,11-15,17H,4-6,9-10H2,1-3H3/b19-15-,26-24+. The van der Waals surface area contributed by atoms with Crippen LogP contribution in [0.1, 0.15) is 37.7 Å². The highest BCUT2D eigenvalue weighted by Crippen LogP contribution is 2.43. The van der Waals surface area contributed by atoms with E-state index in [-0.39, 0.29) is 11.9 Å². The van der Waals surface area contributed by atoms with Crippen LogP contribution in [0.2, 0.25) is 0 Å². The molecular weight excluding hydrogens is 426 g/mol. The zero-order chi connectivity index (χ0) is 22.5. The van der Waals surface area contributed by atoms with Gasteiger partial charge in [-0.1, -0.05) is 25.3 Å². The van der Waals surface area contributed by atoms with Crippen LogP contribution < -0.4 is 14.2 Å². The number of nitrogens with zero attached hydrogens (tertiary/aromatic N) is 3. The van der Waals surface area contributed by atoms with Crippen molar-refractivity contribution in [2.24, 2.45) is 4.99 Å². The van der Waals surface area contributed by atoms with Crippen LogP contribution in [-0.4, -0.2) is 48.3 Å². The fourth-order valence-electron chi connectivity index (χ4n) is 4.12. The highest BCUT2D eigenvalue weighted by Gasteiger charge is 2.39. The Morgan fingerprint density at radius 3 is 2.47 bits per heavy atom. The van der Waals surface area contributed by atoms with Crippen LogP contribution in [0.25, 0.3) is 6.08 Å². The van der Waals surface area contributed by atoms with E-state index in [4.69, 9.17) is 19.2 Å². The maximum absolute atomic E-state index is 13.5. The Morgan fingerprint density at radius 1 is 1.03 bits per heavy atom. The highest BCUT2D eigenvalue weighted by atomic mass is 32.2. The summed E-state index contributed by atoms with van der Waals surface area (Å²) < 4.78 is 16.5. The molecule has 2 aliphatic rings. The largest absolute Gasteiger partial charge is 0.493 e. The van der Waals surface area contributed by atoms with Gasteiger partial charge in [0.2, 0.25) is 5.75 Å². The van der Waals surface area contributed by atoms with Crippen molar-refractivity contribution in [2.75, 3.05) is 21.3 Å². The van der Waals surface area contributed by atoms with Crippen LogP contribution in [0, 0.1) is 0 Å². The van der Waals surface area contributed by atoms with Gasteiger partial charge in [-0.3, -0.25) is 9.69 Å². The van der Waals surface area contributed by atoms with Crippen molar-refractivity contribution in [3.05, 3.63) is 47.0 Å². The van der Waals surface area contributed by atoms with Crippen LogP contribution in [-0.2, 0) is 4.79 Å². The lowest BCUT2D eigenvalue weighted by atomic mass is 9.94.